The summed E-state index contributed by atoms with van der Waals surface area (Å²) in [7, 11) is 0. The van der Waals surface area contributed by atoms with Crippen LogP contribution in [-0.2, 0) is 6.42 Å². The molecule has 0 bridgehead atoms. The number of halogens is 1. The summed E-state index contributed by atoms with van der Waals surface area (Å²) in [4.78, 5) is 27.8. The van der Waals surface area contributed by atoms with Crippen LogP contribution in [0.2, 0.25) is 0 Å². The molecule has 4 aromatic rings. The van der Waals surface area contributed by atoms with Gasteiger partial charge < -0.3 is 5.32 Å². The van der Waals surface area contributed by atoms with E-state index in [2.05, 4.69) is 15.4 Å². The van der Waals surface area contributed by atoms with Crippen LogP contribution in [0.15, 0.2) is 47.8 Å². The largest absolute Gasteiger partial charge is 0.352 e. The van der Waals surface area contributed by atoms with Crippen molar-refractivity contribution in [1.82, 2.24) is 19.9 Å². The highest BCUT2D eigenvalue weighted by atomic mass is 32.1. The first-order valence-corrected chi connectivity index (χ1v) is 9.93. The van der Waals surface area contributed by atoms with E-state index in [0.717, 1.165) is 5.69 Å². The first kappa shape index (κ1) is 19.6. The Balaban J connectivity index is 1.44. The number of carbonyl (C=O) groups excluding carboxylic acids is 1. The minimum Gasteiger partial charge on any atom is -0.352 e. The molecule has 0 unspecified atom stereocenters. The van der Waals surface area contributed by atoms with E-state index in [9.17, 15) is 19.3 Å². The van der Waals surface area contributed by atoms with Gasteiger partial charge in [-0.2, -0.15) is 4.98 Å². The molecule has 4 rings (SSSR count). The van der Waals surface area contributed by atoms with Crippen molar-refractivity contribution in [1.29, 1.82) is 0 Å². The van der Waals surface area contributed by atoms with Gasteiger partial charge in [0, 0.05) is 35.5 Å². The normalized spacial score (nSPS) is 11.0. The zero-order valence-electron chi connectivity index (χ0n) is 15.8. The number of rotatable bonds is 6. The average molecular weight is 425 g/mol. The van der Waals surface area contributed by atoms with E-state index < -0.39 is 4.92 Å². The molecule has 8 nitrogen and oxygen atoms in total. The van der Waals surface area contributed by atoms with Crippen LogP contribution >= 0.6 is 11.3 Å². The Morgan fingerprint density at radius 3 is 2.83 bits per heavy atom. The second-order valence-electron chi connectivity index (χ2n) is 6.60. The molecule has 2 heterocycles. The summed E-state index contributed by atoms with van der Waals surface area (Å²) in [6.07, 6.45) is 0.498. The van der Waals surface area contributed by atoms with E-state index >= 15 is 0 Å². The van der Waals surface area contributed by atoms with Gasteiger partial charge in [-0.25, -0.2) is 8.91 Å². The van der Waals surface area contributed by atoms with Crippen molar-refractivity contribution in [2.75, 3.05) is 6.54 Å². The van der Waals surface area contributed by atoms with Gasteiger partial charge in [-0.05, 0) is 31.2 Å². The number of hydrogen-bond acceptors (Lipinski definition) is 6. The monoisotopic (exact) mass is 425 g/mol. The second kappa shape index (κ2) is 7.99. The zero-order valence-corrected chi connectivity index (χ0v) is 16.6. The van der Waals surface area contributed by atoms with Gasteiger partial charge >= 0.3 is 0 Å². The number of amides is 1. The fourth-order valence-corrected chi connectivity index (χ4v) is 3.92. The molecule has 0 spiro atoms. The van der Waals surface area contributed by atoms with Crippen LogP contribution in [0, 0.1) is 22.9 Å². The molecule has 0 aliphatic heterocycles. The predicted octanol–water partition coefficient (Wildman–Crippen LogP) is 3.79. The topological polar surface area (TPSA) is 102 Å². The smallest absolute Gasteiger partial charge is 0.272 e. The third-order valence-corrected chi connectivity index (χ3v) is 5.45. The number of nitro benzene ring substituents is 1. The van der Waals surface area contributed by atoms with Crippen molar-refractivity contribution in [3.8, 4) is 11.4 Å². The molecule has 0 aliphatic carbocycles. The average Bonchev–Trinajstić information content (AvgIpc) is 3.29. The first-order chi connectivity index (χ1) is 14.4. The highest BCUT2D eigenvalue weighted by molar-refractivity contribution is 7.15. The molecule has 0 aliphatic rings. The molecule has 0 saturated carbocycles. The van der Waals surface area contributed by atoms with Gasteiger partial charge in [0.1, 0.15) is 5.82 Å². The van der Waals surface area contributed by atoms with Gasteiger partial charge in [-0.3, -0.25) is 14.9 Å². The minimum absolute atomic E-state index is 0.0240. The molecule has 2 aromatic carbocycles. The van der Waals surface area contributed by atoms with Crippen LogP contribution in [0.25, 0.3) is 16.3 Å². The number of nitrogens with one attached hydrogen (secondary N) is 1. The Morgan fingerprint density at radius 1 is 1.30 bits per heavy atom. The van der Waals surface area contributed by atoms with Crippen molar-refractivity contribution in [3.05, 3.63) is 80.6 Å². The molecule has 10 heteroatoms. The number of benzene rings is 2. The fraction of sp³-hybridized carbons (Fsp3) is 0.150. The number of carbonyl (C=O) groups is 1. The summed E-state index contributed by atoms with van der Waals surface area (Å²) in [5.74, 6) is -0.389. The molecule has 2 aromatic heterocycles. The van der Waals surface area contributed by atoms with Crippen molar-refractivity contribution in [2.45, 2.75) is 13.3 Å². The van der Waals surface area contributed by atoms with Crippen molar-refractivity contribution in [3.63, 3.8) is 0 Å². The molecule has 152 valence electrons. The summed E-state index contributed by atoms with van der Waals surface area (Å²) in [6, 6.07) is 10.6. The highest BCUT2D eigenvalue weighted by Crippen LogP contribution is 2.23. The number of nitrogens with zero attached hydrogens (tertiary/aromatic N) is 4. The minimum atomic E-state index is -0.480. The summed E-state index contributed by atoms with van der Waals surface area (Å²) in [6.45, 7) is 1.93. The summed E-state index contributed by atoms with van der Waals surface area (Å²) in [5, 5.41) is 20.0. The molecule has 0 saturated heterocycles. The van der Waals surface area contributed by atoms with E-state index in [4.69, 9.17) is 0 Å². The third-order valence-electron chi connectivity index (χ3n) is 4.59. The lowest BCUT2D eigenvalue weighted by Crippen LogP contribution is -2.26. The number of fused-ring (bicyclic) bond motifs is 1. The van der Waals surface area contributed by atoms with Gasteiger partial charge in [-0.15, -0.1) is 16.4 Å². The Kier molecular flexibility index (Phi) is 5.23. The van der Waals surface area contributed by atoms with Gasteiger partial charge in [0.25, 0.3) is 11.6 Å². The molecule has 0 atom stereocenters. The summed E-state index contributed by atoms with van der Waals surface area (Å²) >= 11 is 1.39. The first-order valence-electron chi connectivity index (χ1n) is 9.05. The Morgan fingerprint density at radius 2 is 2.10 bits per heavy atom. The van der Waals surface area contributed by atoms with Crippen LogP contribution in [0.5, 0.6) is 0 Å². The van der Waals surface area contributed by atoms with Gasteiger partial charge in [0.15, 0.2) is 5.82 Å². The molecular weight excluding hydrogens is 409 g/mol. The van der Waals surface area contributed by atoms with E-state index in [1.165, 1.54) is 35.6 Å². The summed E-state index contributed by atoms with van der Waals surface area (Å²) in [5.41, 5.74) is 1.93. The number of hydrogen-bond donors (Lipinski definition) is 1. The maximum absolute atomic E-state index is 14.0. The van der Waals surface area contributed by atoms with Gasteiger partial charge in [-0.1, -0.05) is 12.1 Å². The van der Waals surface area contributed by atoms with Crippen LogP contribution in [-0.4, -0.2) is 32.0 Å². The highest BCUT2D eigenvalue weighted by Gasteiger charge is 2.16. The number of nitro groups is 1. The summed E-state index contributed by atoms with van der Waals surface area (Å²) < 4.78 is 15.6. The Bertz CT molecular complexity index is 1270. The molecule has 30 heavy (non-hydrogen) atoms. The maximum Gasteiger partial charge on any atom is 0.272 e. The Labute approximate surface area is 174 Å². The standard InChI is InChI=1S/C20H16FN5O3S/c1-12-10-13(6-7-17(12)26(28)29)19(27)22-9-8-14-11-30-20-23-18(24-25(14)20)15-4-2-3-5-16(15)21/h2-7,10-11H,8-9H2,1H3,(H,22,27). The SMILES string of the molecule is Cc1cc(C(=O)NCCc2csc3nc(-c4ccccc4F)nn23)ccc1[N+](=O)[O-]. The van der Waals surface area contributed by atoms with Crippen molar-refractivity contribution in [2.24, 2.45) is 0 Å². The van der Waals surface area contributed by atoms with E-state index in [1.54, 1.807) is 29.6 Å². The van der Waals surface area contributed by atoms with Crippen LogP contribution < -0.4 is 5.32 Å². The van der Waals surface area contributed by atoms with Crippen LogP contribution in [0.3, 0.4) is 0 Å². The van der Waals surface area contributed by atoms with Crippen molar-refractivity contribution < 1.29 is 14.1 Å². The zero-order chi connectivity index (χ0) is 21.3. The third kappa shape index (κ3) is 3.77. The van der Waals surface area contributed by atoms with E-state index in [-0.39, 0.29) is 17.4 Å². The predicted molar refractivity (Wildman–Crippen MR) is 110 cm³/mol. The number of aromatic nitrogens is 3. The van der Waals surface area contributed by atoms with E-state index in [1.807, 2.05) is 5.38 Å². The van der Waals surface area contributed by atoms with Crippen LogP contribution in [0.1, 0.15) is 21.6 Å². The number of thiazole rings is 1. The van der Waals surface area contributed by atoms with Crippen molar-refractivity contribution >= 4 is 27.9 Å². The molecular formula is C20H16FN5O3S. The second-order valence-corrected chi connectivity index (χ2v) is 7.44. The molecule has 1 amide bonds. The van der Waals surface area contributed by atoms with E-state index in [0.29, 0.717) is 40.4 Å². The van der Waals surface area contributed by atoms with Crippen LogP contribution in [0.4, 0.5) is 10.1 Å². The Hall–Kier alpha value is -3.66. The lowest BCUT2D eigenvalue weighted by molar-refractivity contribution is -0.385. The fourth-order valence-electron chi connectivity index (χ4n) is 3.06. The maximum atomic E-state index is 14.0. The molecule has 0 fully saturated rings. The van der Waals surface area contributed by atoms with Gasteiger partial charge in [0.2, 0.25) is 4.96 Å². The molecule has 0 radical (unpaired) electrons. The number of aryl methyl sites for hydroxylation is 1. The lowest BCUT2D eigenvalue weighted by atomic mass is 10.1. The lowest BCUT2D eigenvalue weighted by Gasteiger charge is -2.06. The molecule has 1 N–H and O–H groups in total. The quantitative estimate of drug-likeness (QED) is 0.374. The van der Waals surface area contributed by atoms with Gasteiger partial charge in [0.05, 0.1) is 16.2 Å².